The molecular weight excluding hydrogens is 312 g/mol. The predicted molar refractivity (Wildman–Crippen MR) is 72.2 cm³/mol. The number of alkyl halides is 3. The molecule has 0 atom stereocenters. The van der Waals surface area contributed by atoms with E-state index in [0.29, 0.717) is 0 Å². The van der Waals surface area contributed by atoms with Crippen LogP contribution in [0.1, 0.15) is 0 Å². The second-order valence-electron chi connectivity index (χ2n) is 4.02. The van der Waals surface area contributed by atoms with Gasteiger partial charge in [0.25, 0.3) is 0 Å². The molecule has 0 radical (unpaired) electrons. The molecule has 0 fully saturated rings. The van der Waals surface area contributed by atoms with E-state index in [4.69, 9.17) is 17.3 Å². The minimum absolute atomic E-state index is 0.0109. The third-order valence-corrected chi connectivity index (χ3v) is 2.76. The number of nitrogens with two attached hydrogens (primary N) is 1. The van der Waals surface area contributed by atoms with Gasteiger partial charge in [0.15, 0.2) is 5.75 Å². The summed E-state index contributed by atoms with van der Waals surface area (Å²) in [7, 11) is 0. The Bertz CT molecular complexity index is 661. The molecule has 0 spiro atoms. The summed E-state index contributed by atoms with van der Waals surface area (Å²) in [4.78, 5) is 0. The highest BCUT2D eigenvalue weighted by Crippen LogP contribution is 2.34. The first kappa shape index (κ1) is 15.2. The second kappa shape index (κ2) is 5.69. The fraction of sp³-hybridized carbons (Fsp3) is 0.0769. The zero-order chi connectivity index (χ0) is 15.6. The summed E-state index contributed by atoms with van der Waals surface area (Å²) in [5.74, 6) is -1.21. The number of rotatable bonds is 3. The van der Waals surface area contributed by atoms with E-state index in [1.165, 1.54) is 18.2 Å². The third kappa shape index (κ3) is 3.91. The van der Waals surface area contributed by atoms with Crippen LogP contribution in [0.3, 0.4) is 0 Å². The molecule has 3 nitrogen and oxygen atoms in total. The van der Waals surface area contributed by atoms with Gasteiger partial charge in [-0.25, -0.2) is 4.39 Å². The van der Waals surface area contributed by atoms with Gasteiger partial charge in [0.1, 0.15) is 5.82 Å². The lowest BCUT2D eigenvalue weighted by Crippen LogP contribution is -2.17. The molecule has 2 aromatic rings. The summed E-state index contributed by atoms with van der Waals surface area (Å²) < 4.78 is 54.2. The van der Waals surface area contributed by atoms with Crippen LogP contribution >= 0.6 is 11.6 Å². The zero-order valence-electron chi connectivity index (χ0n) is 10.3. The van der Waals surface area contributed by atoms with Gasteiger partial charge in [0, 0.05) is 6.07 Å². The van der Waals surface area contributed by atoms with Gasteiger partial charge in [-0.05, 0) is 18.2 Å². The van der Waals surface area contributed by atoms with Crippen molar-refractivity contribution in [1.29, 1.82) is 0 Å². The van der Waals surface area contributed by atoms with E-state index in [9.17, 15) is 17.6 Å². The van der Waals surface area contributed by atoms with E-state index in [-0.39, 0.29) is 22.1 Å². The molecule has 0 saturated carbocycles. The zero-order valence-corrected chi connectivity index (χ0v) is 11.1. The molecule has 8 heteroatoms. The lowest BCUT2D eigenvalue weighted by molar-refractivity contribution is -0.274. The Morgan fingerprint density at radius 2 is 1.76 bits per heavy atom. The first-order valence-electron chi connectivity index (χ1n) is 5.62. The smallest absolute Gasteiger partial charge is 0.404 e. The molecule has 3 N–H and O–H groups in total. The van der Waals surface area contributed by atoms with E-state index in [1.807, 2.05) is 0 Å². The molecule has 0 aromatic heterocycles. The van der Waals surface area contributed by atoms with Gasteiger partial charge in [-0.2, -0.15) is 0 Å². The summed E-state index contributed by atoms with van der Waals surface area (Å²) in [5, 5.41) is 2.40. The van der Waals surface area contributed by atoms with Crippen molar-refractivity contribution in [2.75, 3.05) is 11.1 Å². The van der Waals surface area contributed by atoms with Crippen LogP contribution < -0.4 is 15.8 Å². The van der Waals surface area contributed by atoms with Crippen LogP contribution in [-0.2, 0) is 0 Å². The standard InChI is InChI=1S/C13H9ClF4N2O/c14-7-5-9(19)11(6-8(7)15)20-10-3-1-2-4-12(10)21-13(16,17)18/h1-6,20H,19H2. The molecule has 0 unspecified atom stereocenters. The van der Waals surface area contributed by atoms with Crippen molar-refractivity contribution >= 4 is 28.7 Å². The van der Waals surface area contributed by atoms with Crippen molar-refractivity contribution < 1.29 is 22.3 Å². The molecule has 0 amide bonds. The number of anilines is 3. The molecule has 0 aliphatic rings. The minimum Gasteiger partial charge on any atom is -0.404 e. The van der Waals surface area contributed by atoms with Gasteiger partial charge >= 0.3 is 6.36 Å². The highest BCUT2D eigenvalue weighted by molar-refractivity contribution is 6.31. The molecule has 2 rings (SSSR count). The number of hydrogen-bond donors (Lipinski definition) is 2. The molecular formula is C13H9ClF4N2O. The molecule has 0 aliphatic carbocycles. The Morgan fingerprint density at radius 3 is 2.43 bits per heavy atom. The maximum Gasteiger partial charge on any atom is 0.573 e. The van der Waals surface area contributed by atoms with Crippen LogP contribution in [0.25, 0.3) is 0 Å². The Kier molecular flexibility index (Phi) is 4.13. The summed E-state index contributed by atoms with van der Waals surface area (Å²) in [6, 6.07) is 7.48. The van der Waals surface area contributed by atoms with Gasteiger partial charge < -0.3 is 15.8 Å². The van der Waals surface area contributed by atoms with E-state index in [2.05, 4.69) is 10.1 Å². The average molecular weight is 321 g/mol. The highest BCUT2D eigenvalue weighted by Gasteiger charge is 2.32. The van der Waals surface area contributed by atoms with Gasteiger partial charge in [0.2, 0.25) is 0 Å². The quantitative estimate of drug-likeness (QED) is 0.636. The minimum atomic E-state index is -4.84. The van der Waals surface area contributed by atoms with Crippen molar-refractivity contribution in [2.45, 2.75) is 6.36 Å². The van der Waals surface area contributed by atoms with Crippen LogP contribution in [0.2, 0.25) is 5.02 Å². The average Bonchev–Trinajstić information content (AvgIpc) is 2.36. The van der Waals surface area contributed by atoms with E-state index in [1.54, 1.807) is 0 Å². The highest BCUT2D eigenvalue weighted by atomic mass is 35.5. The van der Waals surface area contributed by atoms with Crippen molar-refractivity contribution in [3.05, 3.63) is 47.2 Å². The van der Waals surface area contributed by atoms with E-state index < -0.39 is 17.9 Å². The summed E-state index contributed by atoms with van der Waals surface area (Å²) in [6.45, 7) is 0. The molecule has 2 aromatic carbocycles. The van der Waals surface area contributed by atoms with Gasteiger partial charge in [0.05, 0.1) is 22.1 Å². The van der Waals surface area contributed by atoms with Crippen LogP contribution in [0, 0.1) is 5.82 Å². The fourth-order valence-corrected chi connectivity index (χ4v) is 1.77. The second-order valence-corrected chi connectivity index (χ2v) is 4.43. The molecule has 112 valence electrons. The lowest BCUT2D eigenvalue weighted by Gasteiger charge is -2.15. The fourth-order valence-electron chi connectivity index (χ4n) is 1.60. The van der Waals surface area contributed by atoms with E-state index in [0.717, 1.165) is 18.2 Å². The number of nitrogen functional groups attached to an aromatic ring is 1. The maximum absolute atomic E-state index is 13.4. The summed E-state index contributed by atoms with van der Waals surface area (Å²) in [5.41, 5.74) is 5.79. The van der Waals surface area contributed by atoms with Crippen LogP contribution in [0.4, 0.5) is 34.6 Å². The molecule has 0 bridgehead atoms. The Labute approximate surface area is 122 Å². The Balaban J connectivity index is 2.34. The molecule has 0 aliphatic heterocycles. The number of nitrogens with one attached hydrogen (secondary N) is 1. The number of para-hydroxylation sites is 2. The monoisotopic (exact) mass is 320 g/mol. The molecule has 0 saturated heterocycles. The first-order chi connectivity index (χ1) is 9.76. The van der Waals surface area contributed by atoms with Gasteiger partial charge in [-0.1, -0.05) is 23.7 Å². The Morgan fingerprint density at radius 1 is 1.10 bits per heavy atom. The maximum atomic E-state index is 13.4. The predicted octanol–water partition coefficient (Wildman–Crippen LogP) is 4.70. The van der Waals surface area contributed by atoms with Gasteiger partial charge in [-0.3, -0.25) is 0 Å². The topological polar surface area (TPSA) is 47.3 Å². The van der Waals surface area contributed by atoms with Crippen molar-refractivity contribution in [3.63, 3.8) is 0 Å². The SMILES string of the molecule is Nc1cc(Cl)c(F)cc1Nc1ccccc1OC(F)(F)F. The van der Waals surface area contributed by atoms with E-state index >= 15 is 0 Å². The summed E-state index contributed by atoms with van der Waals surface area (Å²) >= 11 is 5.55. The van der Waals surface area contributed by atoms with Crippen molar-refractivity contribution in [3.8, 4) is 5.75 Å². The normalized spacial score (nSPS) is 11.3. The molecule has 0 heterocycles. The lowest BCUT2D eigenvalue weighted by atomic mass is 10.2. The first-order valence-corrected chi connectivity index (χ1v) is 6.00. The third-order valence-electron chi connectivity index (χ3n) is 2.47. The van der Waals surface area contributed by atoms with Crippen LogP contribution in [0.5, 0.6) is 5.75 Å². The number of halogens is 5. The largest absolute Gasteiger partial charge is 0.573 e. The number of ether oxygens (including phenoxy) is 1. The molecule has 21 heavy (non-hydrogen) atoms. The number of hydrogen-bond acceptors (Lipinski definition) is 3. The van der Waals surface area contributed by atoms with Crippen LogP contribution in [-0.4, -0.2) is 6.36 Å². The Hall–Kier alpha value is -2.15. The van der Waals surface area contributed by atoms with Crippen LogP contribution in [0.15, 0.2) is 36.4 Å². The van der Waals surface area contributed by atoms with Gasteiger partial charge in [-0.15, -0.1) is 13.2 Å². The van der Waals surface area contributed by atoms with Crippen molar-refractivity contribution in [2.24, 2.45) is 0 Å². The van der Waals surface area contributed by atoms with Crippen molar-refractivity contribution in [1.82, 2.24) is 0 Å². The number of benzene rings is 2. The summed E-state index contributed by atoms with van der Waals surface area (Å²) in [6.07, 6.45) is -4.84.